The second kappa shape index (κ2) is 6.55. The van der Waals surface area contributed by atoms with Crippen molar-refractivity contribution in [2.75, 3.05) is 0 Å². The third kappa shape index (κ3) is 3.00. The summed E-state index contributed by atoms with van der Waals surface area (Å²) < 4.78 is 2.17. The minimum Gasteiger partial charge on any atom is -0.346 e. The van der Waals surface area contributed by atoms with Gasteiger partial charge < -0.3 is 9.88 Å². The summed E-state index contributed by atoms with van der Waals surface area (Å²) in [4.78, 5) is 16.5. The number of fused-ring (bicyclic) bond motifs is 1. The molecule has 0 saturated heterocycles. The van der Waals surface area contributed by atoms with Gasteiger partial charge in [0, 0.05) is 13.0 Å². The van der Waals surface area contributed by atoms with Gasteiger partial charge in [0.2, 0.25) is 5.91 Å². The molecule has 2 aromatic rings. The first-order chi connectivity index (χ1) is 9.67. The lowest BCUT2D eigenvalue weighted by Crippen LogP contribution is -2.28. The van der Waals surface area contributed by atoms with Crippen LogP contribution in [0.15, 0.2) is 24.3 Å². The summed E-state index contributed by atoms with van der Waals surface area (Å²) in [5.41, 5.74) is 2.11. The molecule has 4 heteroatoms. The van der Waals surface area contributed by atoms with Crippen molar-refractivity contribution >= 4 is 16.9 Å². The maximum atomic E-state index is 11.9. The number of amides is 1. The minimum atomic E-state index is -0.0632. The summed E-state index contributed by atoms with van der Waals surface area (Å²) in [7, 11) is 0. The van der Waals surface area contributed by atoms with Gasteiger partial charge in [0.25, 0.3) is 0 Å². The maximum absolute atomic E-state index is 11.9. The Morgan fingerprint density at radius 1 is 1.35 bits per heavy atom. The van der Waals surface area contributed by atoms with Crippen molar-refractivity contribution in [3.05, 3.63) is 30.1 Å². The number of carbonyl (C=O) groups is 1. The Morgan fingerprint density at radius 3 is 2.80 bits per heavy atom. The van der Waals surface area contributed by atoms with Crippen LogP contribution in [-0.2, 0) is 11.3 Å². The van der Waals surface area contributed by atoms with E-state index in [1.54, 1.807) is 0 Å². The van der Waals surface area contributed by atoms with E-state index in [1.165, 1.54) is 0 Å². The van der Waals surface area contributed by atoms with Gasteiger partial charge in [-0.25, -0.2) is 4.98 Å². The number of benzene rings is 1. The van der Waals surface area contributed by atoms with E-state index in [0.29, 0.717) is 6.42 Å². The van der Waals surface area contributed by atoms with E-state index < -0.39 is 0 Å². The van der Waals surface area contributed by atoms with Crippen LogP contribution in [0.2, 0.25) is 0 Å². The molecule has 0 fully saturated rings. The molecule has 1 aromatic carbocycles. The lowest BCUT2D eigenvalue weighted by Gasteiger charge is -2.15. The lowest BCUT2D eigenvalue weighted by molar-refractivity contribution is -0.121. The summed E-state index contributed by atoms with van der Waals surface area (Å²) in [5, 5.41) is 3.04. The van der Waals surface area contributed by atoms with E-state index in [9.17, 15) is 4.79 Å². The number of nitrogens with one attached hydrogen (secondary N) is 1. The van der Waals surface area contributed by atoms with Crippen molar-refractivity contribution in [1.29, 1.82) is 0 Å². The smallest absolute Gasteiger partial charge is 0.220 e. The molecule has 2 rings (SSSR count). The number of rotatable bonds is 6. The Balaban J connectivity index is 2.21. The molecule has 4 nitrogen and oxygen atoms in total. The lowest BCUT2D eigenvalue weighted by atomic mass is 10.2. The number of nitrogens with zero attached hydrogens (tertiary/aromatic N) is 2. The standard InChI is InChI=1S/C16H23N3O/c1-4-6-11-15(20)17-12(3)16-18-13-9-7-8-10-14(13)19(16)5-2/h7-10,12H,4-6,11H2,1-3H3,(H,17,20). The van der Waals surface area contributed by atoms with E-state index in [0.717, 1.165) is 36.2 Å². The molecular formula is C16H23N3O. The third-order valence-electron chi connectivity index (χ3n) is 3.52. The van der Waals surface area contributed by atoms with Gasteiger partial charge in [0.05, 0.1) is 17.1 Å². The highest BCUT2D eigenvalue weighted by atomic mass is 16.1. The zero-order valence-corrected chi connectivity index (χ0v) is 12.5. The molecular weight excluding hydrogens is 250 g/mol. The van der Waals surface area contributed by atoms with Crippen LogP contribution in [0, 0.1) is 0 Å². The number of para-hydroxylation sites is 2. The highest BCUT2D eigenvalue weighted by Crippen LogP contribution is 2.20. The summed E-state index contributed by atoms with van der Waals surface area (Å²) >= 11 is 0. The van der Waals surface area contributed by atoms with Crippen molar-refractivity contribution in [3.8, 4) is 0 Å². The topological polar surface area (TPSA) is 46.9 Å². The molecule has 1 N–H and O–H groups in total. The SMILES string of the molecule is CCCCC(=O)NC(C)c1nc2ccccc2n1CC. The number of unbranched alkanes of at least 4 members (excludes halogenated alkanes) is 1. The van der Waals surface area contributed by atoms with Crippen LogP contribution in [0.25, 0.3) is 11.0 Å². The fraction of sp³-hybridized carbons (Fsp3) is 0.500. The molecule has 0 aliphatic heterocycles. The molecule has 108 valence electrons. The average molecular weight is 273 g/mol. The number of hydrogen-bond donors (Lipinski definition) is 1. The number of imidazole rings is 1. The van der Waals surface area contributed by atoms with Gasteiger partial charge in [-0.1, -0.05) is 25.5 Å². The highest BCUT2D eigenvalue weighted by Gasteiger charge is 2.17. The summed E-state index contributed by atoms with van der Waals surface area (Å²) in [6, 6.07) is 8.03. The second-order valence-electron chi connectivity index (χ2n) is 5.10. The summed E-state index contributed by atoms with van der Waals surface area (Å²) in [6.07, 6.45) is 2.56. The molecule has 0 saturated carbocycles. The maximum Gasteiger partial charge on any atom is 0.220 e. The van der Waals surface area contributed by atoms with E-state index in [4.69, 9.17) is 0 Å². The van der Waals surface area contributed by atoms with E-state index in [1.807, 2.05) is 25.1 Å². The van der Waals surface area contributed by atoms with Crippen molar-refractivity contribution in [2.45, 2.75) is 52.6 Å². The van der Waals surface area contributed by atoms with Crippen LogP contribution < -0.4 is 5.32 Å². The Bertz CT molecular complexity index is 588. The average Bonchev–Trinajstić information content (AvgIpc) is 2.83. The van der Waals surface area contributed by atoms with Gasteiger partial charge in [-0.15, -0.1) is 0 Å². The molecule has 0 radical (unpaired) electrons. The monoisotopic (exact) mass is 273 g/mol. The highest BCUT2D eigenvalue weighted by molar-refractivity contribution is 5.78. The molecule has 1 heterocycles. The third-order valence-corrected chi connectivity index (χ3v) is 3.52. The number of hydrogen-bond acceptors (Lipinski definition) is 2. The van der Waals surface area contributed by atoms with Gasteiger partial charge >= 0.3 is 0 Å². The summed E-state index contributed by atoms with van der Waals surface area (Å²) in [5.74, 6) is 1.03. The molecule has 1 unspecified atom stereocenters. The van der Waals surface area contributed by atoms with Gasteiger partial charge in [0.15, 0.2) is 0 Å². The van der Waals surface area contributed by atoms with Crippen LogP contribution >= 0.6 is 0 Å². The van der Waals surface area contributed by atoms with Crippen molar-refractivity contribution in [2.24, 2.45) is 0 Å². The van der Waals surface area contributed by atoms with Crippen molar-refractivity contribution < 1.29 is 4.79 Å². The Hall–Kier alpha value is -1.84. The van der Waals surface area contributed by atoms with E-state index >= 15 is 0 Å². The molecule has 0 bridgehead atoms. The first kappa shape index (κ1) is 14.6. The molecule has 1 amide bonds. The van der Waals surface area contributed by atoms with Crippen LogP contribution in [0.1, 0.15) is 51.9 Å². The van der Waals surface area contributed by atoms with Gasteiger partial charge in [-0.2, -0.15) is 0 Å². The number of aromatic nitrogens is 2. The van der Waals surface area contributed by atoms with Crippen LogP contribution in [-0.4, -0.2) is 15.5 Å². The molecule has 0 spiro atoms. The number of carbonyl (C=O) groups excluding carboxylic acids is 1. The molecule has 1 atom stereocenters. The molecule has 0 aliphatic carbocycles. The minimum absolute atomic E-state index is 0.0632. The Kier molecular flexibility index (Phi) is 4.77. The normalized spacial score (nSPS) is 12.6. The van der Waals surface area contributed by atoms with E-state index in [2.05, 4.69) is 34.8 Å². The van der Waals surface area contributed by atoms with Crippen LogP contribution in [0.3, 0.4) is 0 Å². The quantitative estimate of drug-likeness (QED) is 0.876. The predicted octanol–water partition coefficient (Wildman–Crippen LogP) is 3.42. The van der Waals surface area contributed by atoms with E-state index in [-0.39, 0.29) is 11.9 Å². The zero-order valence-electron chi connectivity index (χ0n) is 12.5. The fourth-order valence-electron chi connectivity index (χ4n) is 2.47. The zero-order chi connectivity index (χ0) is 14.5. The van der Waals surface area contributed by atoms with Gasteiger partial charge in [-0.3, -0.25) is 4.79 Å². The van der Waals surface area contributed by atoms with Gasteiger partial charge in [-0.05, 0) is 32.4 Å². The molecule has 20 heavy (non-hydrogen) atoms. The fourth-order valence-corrected chi connectivity index (χ4v) is 2.47. The molecule has 1 aromatic heterocycles. The summed E-state index contributed by atoms with van der Waals surface area (Å²) in [6.45, 7) is 7.04. The van der Waals surface area contributed by atoms with Crippen LogP contribution in [0.5, 0.6) is 0 Å². The first-order valence-electron chi connectivity index (χ1n) is 7.41. The number of aryl methyl sites for hydroxylation is 1. The van der Waals surface area contributed by atoms with Gasteiger partial charge in [0.1, 0.15) is 5.82 Å². The van der Waals surface area contributed by atoms with Crippen LogP contribution in [0.4, 0.5) is 0 Å². The Labute approximate surface area is 120 Å². The van der Waals surface area contributed by atoms with Crippen molar-refractivity contribution in [3.63, 3.8) is 0 Å². The Morgan fingerprint density at radius 2 is 2.10 bits per heavy atom. The largest absolute Gasteiger partial charge is 0.346 e. The predicted molar refractivity (Wildman–Crippen MR) is 81.5 cm³/mol. The second-order valence-corrected chi connectivity index (χ2v) is 5.10. The van der Waals surface area contributed by atoms with Crippen molar-refractivity contribution in [1.82, 2.24) is 14.9 Å². The first-order valence-corrected chi connectivity index (χ1v) is 7.41. The molecule has 0 aliphatic rings.